The molecule has 0 saturated heterocycles. The predicted octanol–water partition coefficient (Wildman–Crippen LogP) is 1.10. The van der Waals surface area contributed by atoms with Gasteiger partial charge >= 0.3 is 0 Å². The van der Waals surface area contributed by atoms with Crippen molar-refractivity contribution in [1.82, 2.24) is 5.32 Å². The van der Waals surface area contributed by atoms with Gasteiger partial charge in [0, 0.05) is 32.8 Å². The lowest BCUT2D eigenvalue weighted by molar-refractivity contribution is 0.0922. The van der Waals surface area contributed by atoms with Gasteiger partial charge < -0.3 is 20.7 Å². The van der Waals surface area contributed by atoms with E-state index < -0.39 is 0 Å². The fourth-order valence-electron chi connectivity index (χ4n) is 1.59. The zero-order valence-corrected chi connectivity index (χ0v) is 11.2. The number of hydrogen-bond donors (Lipinski definition) is 2. The molecule has 0 aliphatic carbocycles. The Hall–Kier alpha value is -1.75. The molecule has 1 aromatic rings. The van der Waals surface area contributed by atoms with E-state index in [-0.39, 0.29) is 5.91 Å². The van der Waals surface area contributed by atoms with E-state index in [1.165, 1.54) is 0 Å². The molecule has 5 heteroatoms. The number of amides is 1. The van der Waals surface area contributed by atoms with Crippen LogP contribution in [0.5, 0.6) is 0 Å². The highest BCUT2D eigenvalue weighted by atomic mass is 16.5. The van der Waals surface area contributed by atoms with Gasteiger partial charge in [-0.25, -0.2) is 0 Å². The molecule has 0 spiro atoms. The Balaban J connectivity index is 2.61. The molecule has 100 valence electrons. The Bertz CT molecular complexity index is 405. The van der Waals surface area contributed by atoms with Gasteiger partial charge in [0.15, 0.2) is 0 Å². The van der Waals surface area contributed by atoms with Crippen LogP contribution < -0.4 is 16.0 Å². The van der Waals surface area contributed by atoms with Crippen molar-refractivity contribution in [3.05, 3.63) is 23.8 Å². The molecule has 5 nitrogen and oxygen atoms in total. The number of benzene rings is 1. The minimum Gasteiger partial charge on any atom is -0.397 e. The number of ether oxygens (including phenoxy) is 1. The number of anilines is 2. The summed E-state index contributed by atoms with van der Waals surface area (Å²) in [4.78, 5) is 13.7. The van der Waals surface area contributed by atoms with Gasteiger partial charge in [-0.3, -0.25) is 4.79 Å². The van der Waals surface area contributed by atoms with Gasteiger partial charge in [0.2, 0.25) is 0 Å². The number of hydrogen-bond acceptors (Lipinski definition) is 4. The standard InChI is InChI=1S/C13H21N3O2/c1-4-18-8-7-15-13(17)10-5-6-12(16(2)3)11(14)9-10/h5-6,9H,4,7-8,14H2,1-3H3,(H,15,17). The predicted molar refractivity (Wildman–Crippen MR) is 74.0 cm³/mol. The largest absolute Gasteiger partial charge is 0.397 e. The average molecular weight is 251 g/mol. The summed E-state index contributed by atoms with van der Waals surface area (Å²) in [5.41, 5.74) is 7.95. The first kappa shape index (κ1) is 14.3. The maximum Gasteiger partial charge on any atom is 0.251 e. The van der Waals surface area contributed by atoms with Crippen LogP contribution in [0.3, 0.4) is 0 Å². The van der Waals surface area contributed by atoms with E-state index in [2.05, 4.69) is 5.32 Å². The first-order chi connectivity index (χ1) is 8.56. The Labute approximate surface area is 108 Å². The van der Waals surface area contributed by atoms with Crippen LogP contribution in [-0.4, -0.2) is 39.8 Å². The maximum absolute atomic E-state index is 11.8. The van der Waals surface area contributed by atoms with Crippen molar-refractivity contribution in [1.29, 1.82) is 0 Å². The average Bonchev–Trinajstić information content (AvgIpc) is 2.33. The minimum atomic E-state index is -0.133. The van der Waals surface area contributed by atoms with Gasteiger partial charge in [0.05, 0.1) is 18.0 Å². The van der Waals surface area contributed by atoms with E-state index >= 15 is 0 Å². The van der Waals surface area contributed by atoms with E-state index in [1.807, 2.05) is 32.0 Å². The van der Waals surface area contributed by atoms with Gasteiger partial charge in [-0.2, -0.15) is 0 Å². The minimum absolute atomic E-state index is 0.133. The van der Waals surface area contributed by atoms with Gasteiger partial charge in [0.25, 0.3) is 5.91 Å². The van der Waals surface area contributed by atoms with Crippen LogP contribution in [-0.2, 0) is 4.74 Å². The van der Waals surface area contributed by atoms with Crippen molar-refractivity contribution in [2.45, 2.75) is 6.92 Å². The highest BCUT2D eigenvalue weighted by molar-refractivity contribution is 5.96. The summed E-state index contributed by atoms with van der Waals surface area (Å²) in [7, 11) is 3.82. The zero-order chi connectivity index (χ0) is 13.5. The van der Waals surface area contributed by atoms with Crippen LogP contribution in [0.15, 0.2) is 18.2 Å². The van der Waals surface area contributed by atoms with Crippen molar-refractivity contribution < 1.29 is 9.53 Å². The van der Waals surface area contributed by atoms with E-state index in [1.54, 1.807) is 12.1 Å². The van der Waals surface area contributed by atoms with Crippen molar-refractivity contribution in [3.63, 3.8) is 0 Å². The van der Waals surface area contributed by atoms with Crippen molar-refractivity contribution in [3.8, 4) is 0 Å². The van der Waals surface area contributed by atoms with Gasteiger partial charge in [-0.15, -0.1) is 0 Å². The number of nitrogens with two attached hydrogens (primary N) is 1. The van der Waals surface area contributed by atoms with Crippen molar-refractivity contribution in [2.75, 3.05) is 44.5 Å². The molecule has 1 aromatic carbocycles. The molecule has 0 radical (unpaired) electrons. The van der Waals surface area contributed by atoms with E-state index in [0.29, 0.717) is 31.0 Å². The summed E-state index contributed by atoms with van der Waals surface area (Å²) in [5.74, 6) is -0.133. The molecule has 0 aliphatic heterocycles. The number of rotatable bonds is 6. The number of nitrogens with one attached hydrogen (secondary N) is 1. The molecule has 1 amide bonds. The summed E-state index contributed by atoms with van der Waals surface area (Å²) < 4.78 is 5.15. The van der Waals surface area contributed by atoms with E-state index in [9.17, 15) is 4.79 Å². The van der Waals surface area contributed by atoms with Crippen LogP contribution in [0.25, 0.3) is 0 Å². The van der Waals surface area contributed by atoms with Crippen LogP contribution >= 0.6 is 0 Å². The fraction of sp³-hybridized carbons (Fsp3) is 0.462. The smallest absolute Gasteiger partial charge is 0.251 e. The second kappa shape index (κ2) is 6.86. The Morgan fingerprint density at radius 3 is 2.72 bits per heavy atom. The monoisotopic (exact) mass is 251 g/mol. The molecular formula is C13H21N3O2. The number of nitrogens with zero attached hydrogens (tertiary/aromatic N) is 1. The Kier molecular flexibility index (Phi) is 5.45. The summed E-state index contributed by atoms with van der Waals surface area (Å²) in [6.07, 6.45) is 0. The SMILES string of the molecule is CCOCCNC(=O)c1ccc(N(C)C)c(N)c1. The molecule has 0 bridgehead atoms. The Morgan fingerprint density at radius 1 is 1.44 bits per heavy atom. The Morgan fingerprint density at radius 2 is 2.17 bits per heavy atom. The molecule has 0 saturated carbocycles. The van der Waals surface area contributed by atoms with Gasteiger partial charge in [-0.05, 0) is 25.1 Å². The zero-order valence-electron chi connectivity index (χ0n) is 11.2. The van der Waals surface area contributed by atoms with E-state index in [4.69, 9.17) is 10.5 Å². The molecule has 3 N–H and O–H groups in total. The molecule has 0 atom stereocenters. The van der Waals surface area contributed by atoms with Crippen LogP contribution in [0, 0.1) is 0 Å². The van der Waals surface area contributed by atoms with Crippen LogP contribution in [0.2, 0.25) is 0 Å². The lowest BCUT2D eigenvalue weighted by atomic mass is 10.1. The quantitative estimate of drug-likeness (QED) is 0.587. The normalized spacial score (nSPS) is 10.2. The number of nitrogen functional groups attached to an aromatic ring is 1. The topological polar surface area (TPSA) is 67.6 Å². The third-order valence-electron chi connectivity index (χ3n) is 2.51. The second-order valence-corrected chi connectivity index (χ2v) is 4.12. The van der Waals surface area contributed by atoms with E-state index in [0.717, 1.165) is 5.69 Å². The van der Waals surface area contributed by atoms with Gasteiger partial charge in [0.1, 0.15) is 0 Å². The first-order valence-electron chi connectivity index (χ1n) is 5.99. The molecule has 0 aliphatic rings. The number of carbonyl (C=O) groups is 1. The fourth-order valence-corrected chi connectivity index (χ4v) is 1.59. The summed E-state index contributed by atoms with van der Waals surface area (Å²) >= 11 is 0. The summed E-state index contributed by atoms with van der Waals surface area (Å²) in [6, 6.07) is 5.29. The third kappa shape index (κ3) is 3.92. The third-order valence-corrected chi connectivity index (χ3v) is 2.51. The molecule has 0 fully saturated rings. The molecule has 0 aromatic heterocycles. The highest BCUT2D eigenvalue weighted by Gasteiger charge is 2.08. The van der Waals surface area contributed by atoms with Crippen LogP contribution in [0.1, 0.15) is 17.3 Å². The molecule has 18 heavy (non-hydrogen) atoms. The van der Waals surface area contributed by atoms with Gasteiger partial charge in [-0.1, -0.05) is 0 Å². The highest BCUT2D eigenvalue weighted by Crippen LogP contribution is 2.22. The molecule has 0 heterocycles. The molecule has 0 unspecified atom stereocenters. The summed E-state index contributed by atoms with van der Waals surface area (Å²) in [6.45, 7) is 3.60. The summed E-state index contributed by atoms with van der Waals surface area (Å²) in [5, 5.41) is 2.78. The van der Waals surface area contributed by atoms with Crippen molar-refractivity contribution in [2.24, 2.45) is 0 Å². The van der Waals surface area contributed by atoms with Crippen molar-refractivity contribution >= 4 is 17.3 Å². The first-order valence-corrected chi connectivity index (χ1v) is 5.99. The lowest BCUT2D eigenvalue weighted by Gasteiger charge is -2.15. The number of carbonyl (C=O) groups excluding carboxylic acids is 1. The maximum atomic E-state index is 11.8. The molecule has 1 rings (SSSR count). The second-order valence-electron chi connectivity index (χ2n) is 4.12. The molecular weight excluding hydrogens is 230 g/mol. The van der Waals surface area contributed by atoms with Crippen LogP contribution in [0.4, 0.5) is 11.4 Å². The lowest BCUT2D eigenvalue weighted by Crippen LogP contribution is -2.27.